The zero-order valence-corrected chi connectivity index (χ0v) is 34.4. The molecule has 3 aromatic rings. The maximum absolute atomic E-state index is 14.4. The molecule has 56 heavy (non-hydrogen) atoms. The smallest absolute Gasteiger partial charge is 0.407 e. The fourth-order valence-electron chi connectivity index (χ4n) is 6.55. The van der Waals surface area contributed by atoms with Crippen molar-refractivity contribution < 1.29 is 38.2 Å². The van der Waals surface area contributed by atoms with Gasteiger partial charge in [-0.25, -0.2) is 9.59 Å². The zero-order chi connectivity index (χ0) is 41.2. The average Bonchev–Trinajstić information content (AvgIpc) is 3.44. The summed E-state index contributed by atoms with van der Waals surface area (Å²) in [6.45, 7) is 10.5. The summed E-state index contributed by atoms with van der Waals surface area (Å²) in [6.07, 6.45) is -0.148. The summed E-state index contributed by atoms with van der Waals surface area (Å²) < 4.78 is 16.6. The zero-order valence-electron chi connectivity index (χ0n) is 33.6. The van der Waals surface area contributed by atoms with Gasteiger partial charge in [-0.05, 0) is 101 Å². The van der Waals surface area contributed by atoms with Crippen molar-refractivity contribution in [2.75, 3.05) is 33.8 Å². The van der Waals surface area contributed by atoms with Crippen molar-refractivity contribution >= 4 is 41.6 Å². The molecule has 302 valence electrons. The highest BCUT2D eigenvalue weighted by molar-refractivity contribution is 6.30. The molecule has 0 saturated carbocycles. The van der Waals surface area contributed by atoms with E-state index in [4.69, 9.17) is 25.8 Å². The lowest BCUT2D eigenvalue weighted by Crippen LogP contribution is -2.56. The van der Waals surface area contributed by atoms with Gasteiger partial charge >= 0.3 is 18.2 Å². The number of nitrogens with zero attached hydrogens (tertiary/aromatic N) is 2. The van der Waals surface area contributed by atoms with Crippen LogP contribution < -0.4 is 10.6 Å². The monoisotopic (exact) mass is 790 g/mol. The van der Waals surface area contributed by atoms with Gasteiger partial charge in [-0.15, -0.1) is 0 Å². The third-order valence-corrected chi connectivity index (χ3v) is 9.38. The number of unbranched alkanes of at least 4 members (excludes halogenated alkanes) is 1. The third-order valence-electron chi connectivity index (χ3n) is 9.13. The molecule has 0 radical (unpaired) electrons. The van der Waals surface area contributed by atoms with Gasteiger partial charge in [-0.1, -0.05) is 72.3 Å². The Labute approximate surface area is 335 Å². The maximum atomic E-state index is 14.4. The molecule has 12 nitrogen and oxygen atoms in total. The summed E-state index contributed by atoms with van der Waals surface area (Å²) in [5.41, 5.74) is 3.58. The van der Waals surface area contributed by atoms with E-state index in [2.05, 4.69) is 10.6 Å². The van der Waals surface area contributed by atoms with Crippen LogP contribution in [0.15, 0.2) is 72.8 Å². The van der Waals surface area contributed by atoms with Crippen LogP contribution in [0.3, 0.4) is 0 Å². The minimum atomic E-state index is -1.09. The maximum Gasteiger partial charge on any atom is 0.407 e. The Kier molecular flexibility index (Phi) is 14.9. The number of alkyl carbamates (subject to hydrolysis) is 2. The van der Waals surface area contributed by atoms with E-state index in [9.17, 15) is 24.0 Å². The number of rotatable bonds is 15. The standard InChI is InChI=1S/C43H55ClN4O8/c1-42(2,3)55-37(49)26-47(7)39(51)36(25-28-20-22-29(44)23-21-28)48(8)38(50)35(19-13-14-24-45-40(52)56-43(4,5)6)46-41(53)54-27-34-32-17-11-9-15-30(32)31-16-10-12-18-33(31)34/h9-12,15-18,20-23,34-36H,13-14,19,24-27H2,1-8H3,(H,45,52)(H,46,53)/t35?,36-/m1/s1. The highest BCUT2D eigenvalue weighted by Gasteiger charge is 2.35. The van der Waals surface area contributed by atoms with Gasteiger partial charge in [0.15, 0.2) is 0 Å². The molecule has 3 aromatic carbocycles. The fourth-order valence-corrected chi connectivity index (χ4v) is 6.68. The van der Waals surface area contributed by atoms with Gasteiger partial charge in [-0.2, -0.15) is 0 Å². The van der Waals surface area contributed by atoms with Crippen LogP contribution in [0.5, 0.6) is 0 Å². The van der Waals surface area contributed by atoms with Gasteiger partial charge < -0.3 is 34.6 Å². The fraction of sp³-hybridized carbons (Fsp3) is 0.465. The number of hydrogen-bond acceptors (Lipinski definition) is 8. The molecule has 0 aromatic heterocycles. The van der Waals surface area contributed by atoms with E-state index in [1.54, 1.807) is 65.8 Å². The molecule has 0 saturated heterocycles. The molecular weight excluding hydrogens is 736 g/mol. The van der Waals surface area contributed by atoms with E-state index >= 15 is 0 Å². The first-order valence-electron chi connectivity index (χ1n) is 18.9. The third kappa shape index (κ3) is 12.7. The number of fused-ring (bicyclic) bond motifs is 3. The quantitative estimate of drug-likeness (QED) is 0.0943. The molecule has 1 unspecified atom stereocenters. The van der Waals surface area contributed by atoms with E-state index in [0.717, 1.165) is 27.8 Å². The molecule has 0 fully saturated rings. The van der Waals surface area contributed by atoms with Crippen molar-refractivity contribution in [1.82, 2.24) is 20.4 Å². The van der Waals surface area contributed by atoms with E-state index < -0.39 is 53.3 Å². The van der Waals surface area contributed by atoms with Crippen LogP contribution in [-0.4, -0.2) is 96.8 Å². The normalized spacial score (nSPS) is 13.4. The van der Waals surface area contributed by atoms with Crippen LogP contribution in [0.25, 0.3) is 11.1 Å². The van der Waals surface area contributed by atoms with E-state index in [-0.39, 0.29) is 38.5 Å². The molecule has 2 N–H and O–H groups in total. The highest BCUT2D eigenvalue weighted by Crippen LogP contribution is 2.44. The number of nitrogens with one attached hydrogen (secondary N) is 2. The molecule has 0 bridgehead atoms. The molecule has 0 aliphatic heterocycles. The second-order valence-electron chi connectivity index (χ2n) is 16.0. The van der Waals surface area contributed by atoms with Gasteiger partial charge in [0.2, 0.25) is 11.8 Å². The summed E-state index contributed by atoms with van der Waals surface area (Å²) in [4.78, 5) is 69.4. The van der Waals surface area contributed by atoms with Crippen LogP contribution in [0.2, 0.25) is 5.02 Å². The van der Waals surface area contributed by atoms with E-state index in [1.165, 1.54) is 23.9 Å². The largest absolute Gasteiger partial charge is 0.459 e. The SMILES string of the molecule is CN(CC(=O)OC(C)(C)C)C(=O)[C@@H](Cc1ccc(Cl)cc1)N(C)C(=O)C(CCCCNC(=O)OC(C)(C)C)NC(=O)OCC1c2ccccc2-c2ccccc21. The number of carbonyl (C=O) groups excluding carboxylic acids is 5. The number of esters is 1. The van der Waals surface area contributed by atoms with Crippen LogP contribution in [0.1, 0.15) is 83.4 Å². The van der Waals surface area contributed by atoms with Gasteiger partial charge in [0.1, 0.15) is 36.4 Å². The number of benzene rings is 3. The molecule has 4 amide bonds. The molecule has 4 rings (SSSR count). The first kappa shape index (κ1) is 43.6. The Morgan fingerprint density at radius 1 is 0.750 bits per heavy atom. The lowest BCUT2D eigenvalue weighted by Gasteiger charge is -2.33. The summed E-state index contributed by atoms with van der Waals surface area (Å²) in [5.74, 6) is -1.81. The predicted molar refractivity (Wildman–Crippen MR) is 215 cm³/mol. The number of hydrogen-bond donors (Lipinski definition) is 2. The molecule has 1 aliphatic carbocycles. The van der Waals surface area contributed by atoms with Gasteiger partial charge in [-0.3, -0.25) is 14.4 Å². The first-order chi connectivity index (χ1) is 26.3. The number of amides is 4. The van der Waals surface area contributed by atoms with Gasteiger partial charge in [0, 0.05) is 38.0 Å². The Hall–Kier alpha value is -5.10. The topological polar surface area (TPSA) is 144 Å². The van der Waals surface area contributed by atoms with Crippen molar-refractivity contribution in [2.24, 2.45) is 0 Å². The van der Waals surface area contributed by atoms with Gasteiger partial charge in [0.05, 0.1) is 0 Å². The number of halogens is 1. The Bertz CT molecular complexity index is 1810. The van der Waals surface area contributed by atoms with Crippen LogP contribution in [0.4, 0.5) is 9.59 Å². The lowest BCUT2D eigenvalue weighted by molar-refractivity contribution is -0.159. The van der Waals surface area contributed by atoms with E-state index in [0.29, 0.717) is 17.9 Å². The Morgan fingerprint density at radius 3 is 1.89 bits per heavy atom. The Balaban J connectivity index is 1.52. The second-order valence-corrected chi connectivity index (χ2v) is 16.5. The summed E-state index contributed by atoms with van der Waals surface area (Å²) in [7, 11) is 2.97. The molecule has 13 heteroatoms. The minimum absolute atomic E-state index is 0.0452. The molecular formula is C43H55ClN4O8. The van der Waals surface area contributed by atoms with Crippen molar-refractivity contribution in [3.8, 4) is 11.1 Å². The molecule has 0 heterocycles. The molecule has 1 aliphatic rings. The van der Waals surface area contributed by atoms with Crippen LogP contribution in [-0.2, 0) is 35.0 Å². The van der Waals surface area contributed by atoms with Crippen molar-refractivity contribution in [3.63, 3.8) is 0 Å². The second kappa shape index (κ2) is 19.2. The van der Waals surface area contributed by atoms with Crippen molar-refractivity contribution in [2.45, 2.75) is 96.4 Å². The predicted octanol–water partition coefficient (Wildman–Crippen LogP) is 7.11. The first-order valence-corrected chi connectivity index (χ1v) is 19.3. The molecule has 0 spiro atoms. The minimum Gasteiger partial charge on any atom is -0.459 e. The number of ether oxygens (including phenoxy) is 3. The number of carbonyl (C=O) groups is 5. The summed E-state index contributed by atoms with van der Waals surface area (Å²) in [6, 6.07) is 20.7. The average molecular weight is 791 g/mol. The summed E-state index contributed by atoms with van der Waals surface area (Å²) >= 11 is 6.13. The van der Waals surface area contributed by atoms with Crippen molar-refractivity contribution in [1.29, 1.82) is 0 Å². The van der Waals surface area contributed by atoms with Crippen LogP contribution in [0, 0.1) is 0 Å². The molecule has 2 atom stereocenters. The number of likely N-dealkylation sites (N-methyl/N-ethyl adjacent to an activating group) is 2. The lowest BCUT2D eigenvalue weighted by atomic mass is 9.98. The highest BCUT2D eigenvalue weighted by atomic mass is 35.5. The van der Waals surface area contributed by atoms with Gasteiger partial charge in [0.25, 0.3) is 0 Å². The summed E-state index contributed by atoms with van der Waals surface area (Å²) in [5, 5.41) is 6.00. The van der Waals surface area contributed by atoms with E-state index in [1.807, 2.05) is 48.5 Å². The van der Waals surface area contributed by atoms with Crippen LogP contribution >= 0.6 is 11.6 Å². The van der Waals surface area contributed by atoms with Crippen molar-refractivity contribution in [3.05, 3.63) is 94.5 Å². The Morgan fingerprint density at radius 2 is 1.32 bits per heavy atom.